The summed E-state index contributed by atoms with van der Waals surface area (Å²) in [6.45, 7) is 4.79. The Morgan fingerprint density at radius 2 is 2.00 bits per heavy atom. The monoisotopic (exact) mass is 280 g/mol. The Morgan fingerprint density at radius 3 is 2.79 bits per heavy atom. The van der Waals surface area contributed by atoms with Crippen LogP contribution in [-0.4, -0.2) is 22.5 Å². The zero-order valence-electron chi connectivity index (χ0n) is 12.5. The normalized spacial score (nSPS) is 45.6. The van der Waals surface area contributed by atoms with Gasteiger partial charge in [0.05, 0.1) is 6.04 Å². The first-order valence-electron chi connectivity index (χ1n) is 8.14. The fraction of sp³-hybridized carbons (Fsp3) is 0.938. The molecular formula is C16H28N2S. The molecule has 3 aliphatic rings. The van der Waals surface area contributed by atoms with Gasteiger partial charge in [0.15, 0.2) is 5.17 Å². The van der Waals surface area contributed by atoms with Crippen molar-refractivity contribution in [3.63, 3.8) is 0 Å². The van der Waals surface area contributed by atoms with Gasteiger partial charge in [-0.3, -0.25) is 4.99 Å². The maximum absolute atomic E-state index is 5.03. The smallest absolute Gasteiger partial charge is 0.157 e. The van der Waals surface area contributed by atoms with Crippen LogP contribution >= 0.6 is 11.8 Å². The van der Waals surface area contributed by atoms with Gasteiger partial charge >= 0.3 is 0 Å². The van der Waals surface area contributed by atoms with Crippen molar-refractivity contribution in [2.75, 3.05) is 5.75 Å². The SMILES string of the molecule is CC1CCCC(N=C2NC3(CCCC(C)C3)CS2)C1. The molecule has 0 aromatic carbocycles. The summed E-state index contributed by atoms with van der Waals surface area (Å²) < 4.78 is 0. The van der Waals surface area contributed by atoms with Crippen molar-refractivity contribution in [2.24, 2.45) is 16.8 Å². The molecule has 108 valence electrons. The van der Waals surface area contributed by atoms with Crippen LogP contribution in [0.4, 0.5) is 0 Å². The van der Waals surface area contributed by atoms with Gasteiger partial charge in [-0.2, -0.15) is 0 Å². The average Bonchev–Trinajstić information content (AvgIpc) is 2.71. The molecule has 19 heavy (non-hydrogen) atoms. The van der Waals surface area contributed by atoms with Gasteiger partial charge in [-0.25, -0.2) is 0 Å². The van der Waals surface area contributed by atoms with Crippen LogP contribution in [0.15, 0.2) is 4.99 Å². The minimum atomic E-state index is 0.390. The van der Waals surface area contributed by atoms with Crippen LogP contribution in [-0.2, 0) is 0 Å². The van der Waals surface area contributed by atoms with E-state index in [0.717, 1.165) is 11.8 Å². The topological polar surface area (TPSA) is 24.4 Å². The summed E-state index contributed by atoms with van der Waals surface area (Å²) in [5, 5.41) is 5.07. The average molecular weight is 280 g/mol. The first-order valence-corrected chi connectivity index (χ1v) is 9.13. The summed E-state index contributed by atoms with van der Waals surface area (Å²) in [5.74, 6) is 3.01. The number of amidine groups is 1. The molecule has 1 aliphatic heterocycles. The number of hydrogen-bond acceptors (Lipinski definition) is 2. The molecule has 0 amide bonds. The molecule has 2 saturated carbocycles. The van der Waals surface area contributed by atoms with Crippen molar-refractivity contribution in [1.82, 2.24) is 5.32 Å². The van der Waals surface area contributed by atoms with Crippen LogP contribution in [0, 0.1) is 11.8 Å². The van der Waals surface area contributed by atoms with Crippen LogP contribution in [0.5, 0.6) is 0 Å². The Balaban J connectivity index is 1.61. The van der Waals surface area contributed by atoms with Crippen LogP contribution < -0.4 is 5.32 Å². The molecule has 1 heterocycles. The van der Waals surface area contributed by atoms with Crippen molar-refractivity contribution < 1.29 is 0 Å². The van der Waals surface area contributed by atoms with E-state index in [9.17, 15) is 0 Å². The molecule has 3 rings (SSSR count). The van der Waals surface area contributed by atoms with Gasteiger partial charge in [0, 0.05) is 11.3 Å². The number of nitrogens with zero attached hydrogens (tertiary/aromatic N) is 1. The second kappa shape index (κ2) is 5.67. The summed E-state index contributed by atoms with van der Waals surface area (Å²) >= 11 is 1.98. The van der Waals surface area contributed by atoms with Crippen LogP contribution in [0.1, 0.15) is 65.2 Å². The van der Waals surface area contributed by atoms with Gasteiger partial charge < -0.3 is 5.32 Å². The van der Waals surface area contributed by atoms with Crippen molar-refractivity contribution in [3.8, 4) is 0 Å². The number of nitrogens with one attached hydrogen (secondary N) is 1. The van der Waals surface area contributed by atoms with E-state index in [-0.39, 0.29) is 0 Å². The van der Waals surface area contributed by atoms with E-state index in [0.29, 0.717) is 11.6 Å². The lowest BCUT2D eigenvalue weighted by Gasteiger charge is -2.36. The lowest BCUT2D eigenvalue weighted by molar-refractivity contribution is 0.242. The van der Waals surface area contributed by atoms with Crippen LogP contribution in [0.2, 0.25) is 0 Å². The van der Waals surface area contributed by atoms with Crippen molar-refractivity contribution in [3.05, 3.63) is 0 Å². The van der Waals surface area contributed by atoms with Crippen molar-refractivity contribution >= 4 is 16.9 Å². The zero-order chi connectivity index (χ0) is 13.3. The quantitative estimate of drug-likeness (QED) is 0.778. The van der Waals surface area contributed by atoms with E-state index in [2.05, 4.69) is 19.2 Å². The maximum Gasteiger partial charge on any atom is 0.157 e. The summed E-state index contributed by atoms with van der Waals surface area (Å²) in [6.07, 6.45) is 10.9. The lowest BCUT2D eigenvalue weighted by atomic mass is 9.78. The standard InChI is InChI=1S/C16H28N2S/c1-12-5-3-7-14(9-12)17-15-18-16(11-19-15)8-4-6-13(2)10-16/h12-14H,3-11H2,1-2H3,(H,17,18). The number of rotatable bonds is 1. The predicted molar refractivity (Wildman–Crippen MR) is 84.8 cm³/mol. The molecule has 2 aliphatic carbocycles. The molecule has 2 nitrogen and oxygen atoms in total. The minimum Gasteiger partial charge on any atom is -0.359 e. The van der Waals surface area contributed by atoms with Gasteiger partial charge in [0.25, 0.3) is 0 Å². The van der Waals surface area contributed by atoms with Gasteiger partial charge in [0.1, 0.15) is 0 Å². The van der Waals surface area contributed by atoms with E-state index in [1.54, 1.807) is 0 Å². The Kier molecular flexibility index (Phi) is 4.11. The Labute approximate surface area is 122 Å². The second-order valence-electron chi connectivity index (χ2n) is 7.26. The molecule has 4 unspecified atom stereocenters. The third-order valence-corrected chi connectivity index (χ3v) is 6.34. The fourth-order valence-electron chi connectivity index (χ4n) is 4.16. The van der Waals surface area contributed by atoms with Crippen LogP contribution in [0.3, 0.4) is 0 Å². The van der Waals surface area contributed by atoms with E-state index in [4.69, 9.17) is 4.99 Å². The molecule has 4 atom stereocenters. The Hall–Kier alpha value is -0.180. The summed E-state index contributed by atoms with van der Waals surface area (Å²) in [6, 6.07) is 0.593. The maximum atomic E-state index is 5.03. The molecule has 0 bridgehead atoms. The fourth-order valence-corrected chi connectivity index (χ4v) is 5.42. The predicted octanol–water partition coefficient (Wildman–Crippen LogP) is 4.21. The highest BCUT2D eigenvalue weighted by molar-refractivity contribution is 8.14. The van der Waals surface area contributed by atoms with E-state index in [1.165, 1.54) is 62.3 Å². The summed E-state index contributed by atoms with van der Waals surface area (Å²) in [4.78, 5) is 5.03. The van der Waals surface area contributed by atoms with E-state index < -0.39 is 0 Å². The first-order chi connectivity index (χ1) is 9.15. The lowest BCUT2D eigenvalue weighted by Crippen LogP contribution is -2.47. The van der Waals surface area contributed by atoms with Gasteiger partial charge in [-0.1, -0.05) is 51.3 Å². The van der Waals surface area contributed by atoms with Crippen molar-refractivity contribution in [1.29, 1.82) is 0 Å². The zero-order valence-corrected chi connectivity index (χ0v) is 13.3. The van der Waals surface area contributed by atoms with Gasteiger partial charge in [-0.05, 0) is 37.5 Å². The molecule has 3 heteroatoms. The molecule has 3 fully saturated rings. The van der Waals surface area contributed by atoms with Crippen LogP contribution in [0.25, 0.3) is 0 Å². The third kappa shape index (κ3) is 3.29. The molecule has 1 N–H and O–H groups in total. The molecule has 0 aromatic heterocycles. The first kappa shape index (κ1) is 13.8. The molecular weight excluding hydrogens is 252 g/mol. The Morgan fingerprint density at radius 1 is 1.16 bits per heavy atom. The largest absolute Gasteiger partial charge is 0.359 e. The highest BCUT2D eigenvalue weighted by Crippen LogP contribution is 2.39. The highest BCUT2D eigenvalue weighted by atomic mass is 32.2. The summed E-state index contributed by atoms with van der Waals surface area (Å²) in [7, 11) is 0. The number of hydrogen-bond donors (Lipinski definition) is 1. The molecule has 1 saturated heterocycles. The van der Waals surface area contributed by atoms with E-state index in [1.807, 2.05) is 11.8 Å². The van der Waals surface area contributed by atoms with Gasteiger partial charge in [0.2, 0.25) is 0 Å². The van der Waals surface area contributed by atoms with Gasteiger partial charge in [-0.15, -0.1) is 0 Å². The Bertz CT molecular complexity index is 355. The second-order valence-corrected chi connectivity index (χ2v) is 8.22. The van der Waals surface area contributed by atoms with E-state index >= 15 is 0 Å². The van der Waals surface area contributed by atoms with Crippen molar-refractivity contribution in [2.45, 2.75) is 76.8 Å². The molecule has 1 spiro atoms. The number of aliphatic imine (C=N–C) groups is 1. The molecule has 0 radical (unpaired) electrons. The number of thioether (sulfide) groups is 1. The highest BCUT2D eigenvalue weighted by Gasteiger charge is 2.40. The minimum absolute atomic E-state index is 0.390. The third-order valence-electron chi connectivity index (χ3n) is 5.16. The molecule has 0 aromatic rings. The summed E-state index contributed by atoms with van der Waals surface area (Å²) in [5.41, 5.74) is 0.390.